The van der Waals surface area contributed by atoms with E-state index in [1.807, 2.05) is 0 Å². The van der Waals surface area contributed by atoms with E-state index in [0.29, 0.717) is 25.1 Å². The Morgan fingerprint density at radius 1 is 1.24 bits per heavy atom. The minimum Gasteiger partial charge on any atom is -0.355 e. The lowest BCUT2D eigenvalue weighted by atomic mass is 9.96. The van der Waals surface area contributed by atoms with E-state index in [1.54, 1.807) is 23.2 Å². The van der Waals surface area contributed by atoms with Crippen LogP contribution in [0.4, 0.5) is 24.7 Å². The van der Waals surface area contributed by atoms with Gasteiger partial charge in [0.25, 0.3) is 0 Å². The second-order valence-corrected chi connectivity index (χ2v) is 5.89. The zero-order valence-electron chi connectivity index (χ0n) is 13.3. The number of carbonyl (C=O) groups is 1. The summed E-state index contributed by atoms with van der Waals surface area (Å²) >= 11 is 0. The predicted octanol–water partition coefficient (Wildman–Crippen LogP) is 3.35. The number of nitrogens with zero attached hydrogens (tertiary/aromatic N) is 3. The van der Waals surface area contributed by atoms with Gasteiger partial charge in [-0.25, -0.2) is 4.98 Å². The summed E-state index contributed by atoms with van der Waals surface area (Å²) in [5, 5.41) is 2.76. The first-order valence-corrected chi connectivity index (χ1v) is 7.93. The normalized spacial score (nSPS) is 18.0. The van der Waals surface area contributed by atoms with Crippen molar-refractivity contribution < 1.29 is 18.0 Å². The Morgan fingerprint density at radius 2 is 2.04 bits per heavy atom. The highest BCUT2D eigenvalue weighted by molar-refractivity contribution is 5.92. The molecule has 0 radical (unpaired) electrons. The number of nitrogens with one attached hydrogen (secondary N) is 1. The molecule has 5 nitrogen and oxygen atoms in total. The molecule has 1 N–H and O–H groups in total. The molecule has 1 unspecified atom stereocenters. The van der Waals surface area contributed by atoms with Crippen LogP contribution in [0, 0.1) is 5.92 Å². The van der Waals surface area contributed by atoms with Crippen LogP contribution >= 0.6 is 0 Å². The standard InChI is InChI=1S/C17H17F3N4O/c18-17(19,20)14-6-2-8-22-15(14)24-9-3-4-12(11-24)16(25)23-13-5-1-7-21-10-13/h1-2,5-8,10,12H,3-4,9,11H2,(H,23,25). The molecule has 8 heteroatoms. The minimum atomic E-state index is -4.48. The molecule has 0 saturated carbocycles. The smallest absolute Gasteiger partial charge is 0.355 e. The molecule has 1 aliphatic rings. The zero-order chi connectivity index (χ0) is 17.9. The molecule has 0 bridgehead atoms. The third-order valence-electron chi connectivity index (χ3n) is 4.11. The van der Waals surface area contributed by atoms with Gasteiger partial charge >= 0.3 is 6.18 Å². The van der Waals surface area contributed by atoms with E-state index in [4.69, 9.17) is 0 Å². The molecule has 2 aromatic heterocycles. The quantitative estimate of drug-likeness (QED) is 0.922. The number of hydrogen-bond donors (Lipinski definition) is 1. The number of piperidine rings is 1. The minimum absolute atomic E-state index is 0.117. The molecule has 3 rings (SSSR count). The van der Waals surface area contributed by atoms with Crippen LogP contribution in [0.5, 0.6) is 0 Å². The number of halogens is 3. The van der Waals surface area contributed by atoms with E-state index >= 15 is 0 Å². The highest BCUT2D eigenvalue weighted by Crippen LogP contribution is 2.36. The monoisotopic (exact) mass is 350 g/mol. The fraction of sp³-hybridized carbons (Fsp3) is 0.353. The van der Waals surface area contributed by atoms with Gasteiger partial charge in [0, 0.05) is 25.5 Å². The molecule has 0 aliphatic carbocycles. The van der Waals surface area contributed by atoms with Gasteiger partial charge in [0.1, 0.15) is 5.82 Å². The molecule has 1 saturated heterocycles. The Hall–Kier alpha value is -2.64. The van der Waals surface area contributed by atoms with E-state index in [0.717, 1.165) is 6.07 Å². The molecule has 1 amide bonds. The van der Waals surface area contributed by atoms with Crippen molar-refractivity contribution in [3.8, 4) is 0 Å². The van der Waals surface area contributed by atoms with E-state index < -0.39 is 17.7 Å². The Morgan fingerprint density at radius 3 is 2.76 bits per heavy atom. The van der Waals surface area contributed by atoms with Gasteiger partial charge in [0.2, 0.25) is 5.91 Å². The second kappa shape index (κ2) is 7.08. The Labute approximate surface area is 142 Å². The number of rotatable bonds is 3. The number of amides is 1. The van der Waals surface area contributed by atoms with Crippen molar-refractivity contribution in [2.24, 2.45) is 5.92 Å². The summed E-state index contributed by atoms with van der Waals surface area (Å²) in [6.45, 7) is 0.642. The summed E-state index contributed by atoms with van der Waals surface area (Å²) in [6, 6.07) is 5.70. The van der Waals surface area contributed by atoms with Crippen molar-refractivity contribution in [1.29, 1.82) is 0 Å². The number of anilines is 2. The van der Waals surface area contributed by atoms with Gasteiger partial charge in [-0.15, -0.1) is 0 Å². The molecule has 3 heterocycles. The lowest BCUT2D eigenvalue weighted by Crippen LogP contribution is -2.42. The van der Waals surface area contributed by atoms with Gasteiger partial charge in [0.05, 0.1) is 23.4 Å². The summed E-state index contributed by atoms with van der Waals surface area (Å²) < 4.78 is 39.6. The van der Waals surface area contributed by atoms with Crippen LogP contribution in [0.15, 0.2) is 42.9 Å². The topological polar surface area (TPSA) is 58.1 Å². The van der Waals surface area contributed by atoms with Crippen molar-refractivity contribution in [3.05, 3.63) is 48.4 Å². The van der Waals surface area contributed by atoms with E-state index in [9.17, 15) is 18.0 Å². The SMILES string of the molecule is O=C(Nc1cccnc1)C1CCCN(c2ncccc2C(F)(F)F)C1. The first kappa shape index (κ1) is 17.2. The summed E-state index contributed by atoms with van der Waals surface area (Å²) in [5.41, 5.74) is -0.207. The zero-order valence-corrected chi connectivity index (χ0v) is 13.3. The van der Waals surface area contributed by atoms with Crippen LogP contribution in [0.2, 0.25) is 0 Å². The third-order valence-corrected chi connectivity index (χ3v) is 4.11. The van der Waals surface area contributed by atoms with Crippen molar-refractivity contribution >= 4 is 17.4 Å². The predicted molar refractivity (Wildman–Crippen MR) is 87.0 cm³/mol. The molecule has 25 heavy (non-hydrogen) atoms. The maximum Gasteiger partial charge on any atom is 0.419 e. The fourth-order valence-corrected chi connectivity index (χ4v) is 2.93. The molecule has 1 fully saturated rings. The summed E-state index contributed by atoms with van der Waals surface area (Å²) in [4.78, 5) is 21.8. The first-order valence-electron chi connectivity index (χ1n) is 7.93. The highest BCUT2D eigenvalue weighted by Gasteiger charge is 2.37. The molecule has 132 valence electrons. The van der Waals surface area contributed by atoms with E-state index in [1.165, 1.54) is 18.5 Å². The lowest BCUT2D eigenvalue weighted by Gasteiger charge is -2.34. The largest absolute Gasteiger partial charge is 0.419 e. The van der Waals surface area contributed by atoms with Gasteiger partial charge < -0.3 is 10.2 Å². The van der Waals surface area contributed by atoms with Crippen LogP contribution in [0.25, 0.3) is 0 Å². The fourth-order valence-electron chi connectivity index (χ4n) is 2.93. The summed E-state index contributed by atoms with van der Waals surface area (Å²) in [7, 11) is 0. The van der Waals surface area contributed by atoms with Crippen molar-refractivity contribution in [2.75, 3.05) is 23.3 Å². The first-order chi connectivity index (χ1) is 11.9. The van der Waals surface area contributed by atoms with Gasteiger partial charge in [-0.3, -0.25) is 9.78 Å². The second-order valence-electron chi connectivity index (χ2n) is 5.89. The van der Waals surface area contributed by atoms with Crippen LogP contribution in [0.3, 0.4) is 0 Å². The maximum absolute atomic E-state index is 13.2. The van der Waals surface area contributed by atoms with Crippen LogP contribution in [-0.4, -0.2) is 29.0 Å². The Kier molecular flexibility index (Phi) is 4.87. The summed E-state index contributed by atoms with van der Waals surface area (Å²) in [5.74, 6) is -0.742. The van der Waals surface area contributed by atoms with Gasteiger partial charge in [0.15, 0.2) is 0 Å². The van der Waals surface area contributed by atoms with Crippen molar-refractivity contribution in [3.63, 3.8) is 0 Å². The van der Waals surface area contributed by atoms with E-state index in [2.05, 4.69) is 15.3 Å². The van der Waals surface area contributed by atoms with Crippen LogP contribution in [0.1, 0.15) is 18.4 Å². The van der Waals surface area contributed by atoms with Crippen molar-refractivity contribution in [2.45, 2.75) is 19.0 Å². The lowest BCUT2D eigenvalue weighted by molar-refractivity contribution is -0.137. The number of carbonyl (C=O) groups excluding carboxylic acids is 1. The molecule has 1 aliphatic heterocycles. The number of pyridine rings is 2. The van der Waals surface area contributed by atoms with Gasteiger partial charge in [-0.05, 0) is 37.1 Å². The molecule has 2 aromatic rings. The molecular formula is C17H17F3N4O. The molecule has 0 spiro atoms. The average molecular weight is 350 g/mol. The molecule has 1 atom stereocenters. The maximum atomic E-state index is 13.2. The molecule has 0 aromatic carbocycles. The Balaban J connectivity index is 1.75. The van der Waals surface area contributed by atoms with E-state index in [-0.39, 0.29) is 18.3 Å². The van der Waals surface area contributed by atoms with Crippen LogP contribution < -0.4 is 10.2 Å². The highest BCUT2D eigenvalue weighted by atomic mass is 19.4. The number of aromatic nitrogens is 2. The summed E-state index contributed by atoms with van der Waals surface area (Å²) in [6.07, 6.45) is 1.23. The number of alkyl halides is 3. The van der Waals surface area contributed by atoms with Gasteiger partial charge in [-0.2, -0.15) is 13.2 Å². The number of hydrogen-bond acceptors (Lipinski definition) is 4. The van der Waals surface area contributed by atoms with Crippen LogP contribution in [-0.2, 0) is 11.0 Å². The average Bonchev–Trinajstić information content (AvgIpc) is 2.62. The Bertz CT molecular complexity index is 736. The molecular weight excluding hydrogens is 333 g/mol. The van der Waals surface area contributed by atoms with Crippen molar-refractivity contribution in [1.82, 2.24) is 9.97 Å². The third kappa shape index (κ3) is 4.07. The van der Waals surface area contributed by atoms with Gasteiger partial charge in [-0.1, -0.05) is 0 Å².